The number of hydrogen-bond acceptors (Lipinski definition) is 5. The van der Waals surface area contributed by atoms with Crippen LogP contribution in [0.4, 0.5) is 5.69 Å². The fraction of sp³-hybridized carbons (Fsp3) is 0.667. The van der Waals surface area contributed by atoms with Crippen LogP contribution in [0.3, 0.4) is 0 Å². The summed E-state index contributed by atoms with van der Waals surface area (Å²) in [6, 6.07) is 3.91. The SMILES string of the molecule is CCN(C(=O)c1cc(NC2CCCCC2)ccn1)C1CCS(=O)(=O)C1. The topological polar surface area (TPSA) is 79.4 Å². The van der Waals surface area contributed by atoms with E-state index in [4.69, 9.17) is 0 Å². The van der Waals surface area contributed by atoms with Gasteiger partial charge >= 0.3 is 0 Å². The van der Waals surface area contributed by atoms with Gasteiger partial charge in [0.1, 0.15) is 5.69 Å². The zero-order valence-corrected chi connectivity index (χ0v) is 15.6. The summed E-state index contributed by atoms with van der Waals surface area (Å²) in [5.74, 6) is 0.0435. The minimum atomic E-state index is -3.02. The van der Waals surface area contributed by atoms with Crippen molar-refractivity contribution in [3.63, 3.8) is 0 Å². The molecule has 1 saturated carbocycles. The molecular formula is C18H27N3O3S. The van der Waals surface area contributed by atoms with E-state index >= 15 is 0 Å². The third-order valence-electron chi connectivity index (χ3n) is 5.21. The van der Waals surface area contributed by atoms with Crippen LogP contribution in [0.1, 0.15) is 55.9 Å². The standard InChI is InChI=1S/C18H27N3O3S/c1-2-21(16-9-11-25(23,24)13-16)18(22)17-12-15(8-10-19-17)20-14-6-4-3-5-7-14/h8,10,12,14,16H,2-7,9,11,13H2,1H3,(H,19,20). The summed E-state index contributed by atoms with van der Waals surface area (Å²) < 4.78 is 23.5. The normalized spacial score (nSPS) is 23.3. The Labute approximate surface area is 149 Å². The maximum atomic E-state index is 12.9. The van der Waals surface area contributed by atoms with Crippen LogP contribution in [0.5, 0.6) is 0 Å². The molecule has 1 saturated heterocycles. The first-order valence-corrected chi connectivity index (χ1v) is 11.0. The number of carbonyl (C=O) groups excluding carboxylic acids is 1. The Kier molecular flexibility index (Phi) is 5.61. The monoisotopic (exact) mass is 365 g/mol. The summed E-state index contributed by atoms with van der Waals surface area (Å²) in [7, 11) is -3.02. The molecule has 1 atom stereocenters. The Bertz CT molecular complexity index is 714. The van der Waals surface area contributed by atoms with Gasteiger partial charge in [-0.05, 0) is 38.3 Å². The molecule has 0 radical (unpaired) electrons. The molecule has 1 unspecified atom stereocenters. The first kappa shape index (κ1) is 18.2. The van der Waals surface area contributed by atoms with E-state index in [0.29, 0.717) is 24.7 Å². The van der Waals surface area contributed by atoms with Gasteiger partial charge < -0.3 is 10.2 Å². The summed E-state index contributed by atoms with van der Waals surface area (Å²) >= 11 is 0. The van der Waals surface area contributed by atoms with Gasteiger partial charge in [-0.25, -0.2) is 8.42 Å². The first-order chi connectivity index (χ1) is 12.0. The zero-order chi connectivity index (χ0) is 17.9. The number of carbonyl (C=O) groups is 1. The van der Waals surface area contributed by atoms with Gasteiger partial charge in [0.2, 0.25) is 0 Å². The average molecular weight is 365 g/mol. The van der Waals surface area contributed by atoms with Crippen molar-refractivity contribution in [2.45, 2.75) is 57.5 Å². The highest BCUT2D eigenvalue weighted by molar-refractivity contribution is 7.91. The molecular weight excluding hydrogens is 338 g/mol. The van der Waals surface area contributed by atoms with Gasteiger partial charge in [0, 0.05) is 30.5 Å². The molecule has 7 heteroatoms. The first-order valence-electron chi connectivity index (χ1n) is 9.22. The summed E-state index contributed by atoms with van der Waals surface area (Å²) in [6.45, 7) is 2.37. The minimum absolute atomic E-state index is 0.0621. The number of sulfone groups is 1. The Morgan fingerprint density at radius 2 is 2.04 bits per heavy atom. The summed E-state index contributed by atoms with van der Waals surface area (Å²) in [5, 5.41) is 3.51. The highest BCUT2D eigenvalue weighted by atomic mass is 32.2. The van der Waals surface area contributed by atoms with Crippen molar-refractivity contribution in [2.75, 3.05) is 23.4 Å². The van der Waals surface area contributed by atoms with E-state index in [1.807, 2.05) is 13.0 Å². The lowest BCUT2D eigenvalue weighted by Gasteiger charge is -2.27. The molecule has 1 N–H and O–H groups in total. The Balaban J connectivity index is 1.71. The predicted molar refractivity (Wildman–Crippen MR) is 98.5 cm³/mol. The van der Waals surface area contributed by atoms with Gasteiger partial charge in [-0.15, -0.1) is 0 Å². The number of nitrogens with zero attached hydrogens (tertiary/aromatic N) is 2. The number of aromatic nitrogens is 1. The Morgan fingerprint density at radius 3 is 2.68 bits per heavy atom. The maximum absolute atomic E-state index is 12.9. The van der Waals surface area contributed by atoms with E-state index in [2.05, 4.69) is 10.3 Å². The molecule has 1 aromatic rings. The van der Waals surface area contributed by atoms with Crippen LogP contribution in [-0.2, 0) is 9.84 Å². The van der Waals surface area contributed by atoms with Crippen molar-refractivity contribution in [1.82, 2.24) is 9.88 Å². The zero-order valence-electron chi connectivity index (χ0n) is 14.8. The summed E-state index contributed by atoms with van der Waals surface area (Å²) in [6.07, 6.45) is 8.27. The molecule has 25 heavy (non-hydrogen) atoms. The second-order valence-corrected chi connectivity index (χ2v) is 9.29. The smallest absolute Gasteiger partial charge is 0.272 e. The lowest BCUT2D eigenvalue weighted by Crippen LogP contribution is -2.41. The van der Waals surface area contributed by atoms with Crippen molar-refractivity contribution >= 4 is 21.4 Å². The Hall–Kier alpha value is -1.63. The second kappa shape index (κ2) is 7.72. The molecule has 0 aromatic carbocycles. The van der Waals surface area contributed by atoms with Crippen LogP contribution < -0.4 is 5.32 Å². The molecule has 2 heterocycles. The van der Waals surface area contributed by atoms with Crippen LogP contribution in [-0.4, -0.2) is 54.3 Å². The number of pyridine rings is 1. The molecule has 1 aromatic heterocycles. The van der Waals surface area contributed by atoms with Gasteiger partial charge in [-0.3, -0.25) is 9.78 Å². The number of amides is 1. The van der Waals surface area contributed by atoms with Crippen LogP contribution in [0.15, 0.2) is 18.3 Å². The molecule has 6 nitrogen and oxygen atoms in total. The molecule has 0 spiro atoms. The lowest BCUT2D eigenvalue weighted by atomic mass is 9.95. The van der Waals surface area contributed by atoms with E-state index in [1.165, 1.54) is 19.3 Å². The van der Waals surface area contributed by atoms with Gasteiger partial charge in [-0.1, -0.05) is 19.3 Å². The number of rotatable bonds is 5. The van der Waals surface area contributed by atoms with E-state index in [9.17, 15) is 13.2 Å². The third kappa shape index (κ3) is 4.51. The van der Waals surface area contributed by atoms with Gasteiger partial charge in [-0.2, -0.15) is 0 Å². The van der Waals surface area contributed by atoms with Gasteiger partial charge in [0.05, 0.1) is 11.5 Å². The Morgan fingerprint density at radius 1 is 1.28 bits per heavy atom. The molecule has 1 amide bonds. The molecule has 2 fully saturated rings. The molecule has 1 aliphatic carbocycles. The summed E-state index contributed by atoms with van der Waals surface area (Å²) in [4.78, 5) is 18.7. The molecule has 2 aliphatic rings. The molecule has 0 bridgehead atoms. The van der Waals surface area contributed by atoms with Gasteiger partial charge in [0.25, 0.3) is 5.91 Å². The largest absolute Gasteiger partial charge is 0.382 e. The lowest BCUT2D eigenvalue weighted by molar-refractivity contribution is 0.0702. The third-order valence-corrected chi connectivity index (χ3v) is 6.96. The fourth-order valence-corrected chi connectivity index (χ4v) is 5.59. The second-order valence-electron chi connectivity index (χ2n) is 7.06. The molecule has 138 valence electrons. The van der Waals surface area contributed by atoms with E-state index in [0.717, 1.165) is 18.5 Å². The van der Waals surface area contributed by atoms with Crippen LogP contribution in [0.2, 0.25) is 0 Å². The van der Waals surface area contributed by atoms with Crippen molar-refractivity contribution in [3.8, 4) is 0 Å². The number of nitrogens with one attached hydrogen (secondary N) is 1. The maximum Gasteiger partial charge on any atom is 0.272 e. The van der Waals surface area contributed by atoms with E-state index in [1.54, 1.807) is 17.2 Å². The highest BCUT2D eigenvalue weighted by Gasteiger charge is 2.34. The van der Waals surface area contributed by atoms with E-state index < -0.39 is 9.84 Å². The van der Waals surface area contributed by atoms with Crippen LogP contribution in [0, 0.1) is 0 Å². The van der Waals surface area contributed by atoms with E-state index in [-0.39, 0.29) is 23.5 Å². The molecule has 3 rings (SSSR count). The quantitative estimate of drug-likeness (QED) is 0.867. The van der Waals surface area contributed by atoms with Crippen molar-refractivity contribution < 1.29 is 13.2 Å². The number of hydrogen-bond donors (Lipinski definition) is 1. The van der Waals surface area contributed by atoms with Gasteiger partial charge in [0.15, 0.2) is 9.84 Å². The van der Waals surface area contributed by atoms with Crippen LogP contribution in [0.25, 0.3) is 0 Å². The van der Waals surface area contributed by atoms with Crippen molar-refractivity contribution in [3.05, 3.63) is 24.0 Å². The fourth-order valence-electron chi connectivity index (χ4n) is 3.86. The van der Waals surface area contributed by atoms with Crippen molar-refractivity contribution in [2.24, 2.45) is 0 Å². The predicted octanol–water partition coefficient (Wildman–Crippen LogP) is 2.48. The average Bonchev–Trinajstić information content (AvgIpc) is 2.96. The summed E-state index contributed by atoms with van der Waals surface area (Å²) in [5.41, 5.74) is 1.30. The molecule has 1 aliphatic heterocycles. The van der Waals surface area contributed by atoms with Crippen molar-refractivity contribution in [1.29, 1.82) is 0 Å². The highest BCUT2D eigenvalue weighted by Crippen LogP contribution is 2.23. The van der Waals surface area contributed by atoms with Crippen LogP contribution >= 0.6 is 0 Å². The minimum Gasteiger partial charge on any atom is -0.382 e. The number of anilines is 1.